The van der Waals surface area contributed by atoms with Gasteiger partial charge in [-0.3, -0.25) is 0 Å². The first-order chi connectivity index (χ1) is 9.43. The molecule has 0 amide bonds. The van der Waals surface area contributed by atoms with E-state index in [1.807, 2.05) is 0 Å². The highest BCUT2D eigenvalue weighted by molar-refractivity contribution is 6.30. The van der Waals surface area contributed by atoms with Crippen molar-refractivity contribution in [1.82, 2.24) is 10.3 Å². The maximum Gasteiger partial charge on any atom is 0.194 e. The van der Waals surface area contributed by atoms with E-state index in [1.54, 1.807) is 7.05 Å². The summed E-state index contributed by atoms with van der Waals surface area (Å²) in [7, 11) is 1.57. The molecule has 0 radical (unpaired) electrons. The number of halogens is 4. The van der Waals surface area contributed by atoms with Gasteiger partial charge in [-0.15, -0.1) is 0 Å². The van der Waals surface area contributed by atoms with E-state index in [1.165, 1.54) is 12.3 Å². The molecule has 2 aromatic rings. The van der Waals surface area contributed by atoms with Crippen LogP contribution < -0.4 is 11.1 Å². The summed E-state index contributed by atoms with van der Waals surface area (Å²) in [4.78, 5) is 3.88. The quantitative estimate of drug-likeness (QED) is 0.857. The lowest BCUT2D eigenvalue weighted by Crippen LogP contribution is -2.20. The zero-order valence-corrected chi connectivity index (χ0v) is 11.2. The third-order valence-corrected chi connectivity index (χ3v) is 3.06. The minimum absolute atomic E-state index is 0.166. The fourth-order valence-electron chi connectivity index (χ4n) is 1.94. The minimum atomic E-state index is -1.51. The normalized spacial score (nSPS) is 12.4. The van der Waals surface area contributed by atoms with Crippen LogP contribution in [0.15, 0.2) is 24.4 Å². The van der Waals surface area contributed by atoms with E-state index in [4.69, 9.17) is 17.3 Å². The molecule has 7 heteroatoms. The number of nitrogens with two attached hydrogens (primary N) is 1. The van der Waals surface area contributed by atoms with Gasteiger partial charge in [0.25, 0.3) is 0 Å². The highest BCUT2D eigenvalue weighted by Crippen LogP contribution is 2.29. The van der Waals surface area contributed by atoms with Crippen molar-refractivity contribution < 1.29 is 13.2 Å². The zero-order valence-electron chi connectivity index (χ0n) is 10.4. The first-order valence-corrected chi connectivity index (χ1v) is 6.04. The van der Waals surface area contributed by atoms with E-state index < -0.39 is 23.5 Å². The minimum Gasteiger partial charge on any atom is -0.383 e. The summed E-state index contributed by atoms with van der Waals surface area (Å²) >= 11 is 5.84. The molecule has 1 aromatic carbocycles. The average Bonchev–Trinajstić information content (AvgIpc) is 2.40. The first kappa shape index (κ1) is 14.6. The molecule has 106 valence electrons. The molecule has 0 aliphatic rings. The standard InChI is InChI=1S/C13H11ClF3N3/c1-19-12(8-4-7(14)5-20-13(8)18)6-2-9(15)11(17)10(16)3-6/h2-5,12,19H,1H3,(H2,18,20). The SMILES string of the molecule is CNC(c1cc(F)c(F)c(F)c1)c1cc(Cl)cnc1N. The second-order valence-electron chi connectivity index (χ2n) is 4.15. The van der Waals surface area contributed by atoms with Crippen molar-refractivity contribution in [2.24, 2.45) is 0 Å². The molecule has 1 heterocycles. The maximum absolute atomic E-state index is 13.3. The third-order valence-electron chi connectivity index (χ3n) is 2.86. The summed E-state index contributed by atoms with van der Waals surface area (Å²) in [6, 6.07) is 2.68. The van der Waals surface area contributed by atoms with Gasteiger partial charge in [-0.25, -0.2) is 18.2 Å². The Labute approximate surface area is 118 Å². The van der Waals surface area contributed by atoms with E-state index in [-0.39, 0.29) is 11.4 Å². The largest absolute Gasteiger partial charge is 0.383 e. The predicted molar refractivity (Wildman–Crippen MR) is 70.9 cm³/mol. The van der Waals surface area contributed by atoms with Gasteiger partial charge in [0.2, 0.25) is 0 Å². The van der Waals surface area contributed by atoms with Crippen LogP contribution >= 0.6 is 11.6 Å². The molecule has 0 saturated carbocycles. The molecule has 0 spiro atoms. The Morgan fingerprint density at radius 2 is 1.80 bits per heavy atom. The maximum atomic E-state index is 13.3. The van der Waals surface area contributed by atoms with Gasteiger partial charge >= 0.3 is 0 Å². The van der Waals surface area contributed by atoms with Gasteiger partial charge in [-0.1, -0.05) is 11.6 Å². The van der Waals surface area contributed by atoms with Crippen LogP contribution in [0.4, 0.5) is 19.0 Å². The molecular weight excluding hydrogens is 291 g/mol. The summed E-state index contributed by atoms with van der Waals surface area (Å²) in [6.45, 7) is 0. The Morgan fingerprint density at radius 3 is 2.35 bits per heavy atom. The van der Waals surface area contributed by atoms with Crippen LogP contribution in [0.5, 0.6) is 0 Å². The van der Waals surface area contributed by atoms with E-state index in [9.17, 15) is 13.2 Å². The Bertz CT molecular complexity index is 626. The summed E-state index contributed by atoms with van der Waals surface area (Å²) in [5.74, 6) is -3.89. The van der Waals surface area contributed by atoms with Crippen LogP contribution in [-0.2, 0) is 0 Å². The molecular formula is C13H11ClF3N3. The third kappa shape index (κ3) is 2.71. The number of aromatic nitrogens is 1. The van der Waals surface area contributed by atoms with Crippen molar-refractivity contribution in [2.75, 3.05) is 12.8 Å². The van der Waals surface area contributed by atoms with Crippen LogP contribution in [0, 0.1) is 17.5 Å². The number of nitrogens with one attached hydrogen (secondary N) is 1. The van der Waals surface area contributed by atoms with E-state index in [0.717, 1.165) is 12.1 Å². The van der Waals surface area contributed by atoms with Gasteiger partial charge in [0.05, 0.1) is 11.1 Å². The van der Waals surface area contributed by atoms with Crippen molar-refractivity contribution in [3.05, 3.63) is 58.0 Å². The second-order valence-corrected chi connectivity index (χ2v) is 4.58. The Hall–Kier alpha value is -1.79. The van der Waals surface area contributed by atoms with Gasteiger partial charge in [-0.2, -0.15) is 0 Å². The van der Waals surface area contributed by atoms with Gasteiger partial charge < -0.3 is 11.1 Å². The number of rotatable bonds is 3. The lowest BCUT2D eigenvalue weighted by molar-refractivity contribution is 0.443. The summed E-state index contributed by atoms with van der Waals surface area (Å²) in [5.41, 5.74) is 6.37. The average molecular weight is 302 g/mol. The number of hydrogen-bond donors (Lipinski definition) is 2. The molecule has 1 atom stereocenters. The van der Waals surface area contributed by atoms with Crippen molar-refractivity contribution >= 4 is 17.4 Å². The van der Waals surface area contributed by atoms with Crippen LogP contribution in [0.1, 0.15) is 17.2 Å². The summed E-state index contributed by atoms with van der Waals surface area (Å²) in [6.07, 6.45) is 1.36. The molecule has 0 aliphatic carbocycles. The smallest absolute Gasteiger partial charge is 0.194 e. The van der Waals surface area contributed by atoms with Crippen molar-refractivity contribution in [2.45, 2.75) is 6.04 Å². The Morgan fingerprint density at radius 1 is 1.20 bits per heavy atom. The van der Waals surface area contributed by atoms with Gasteiger partial charge in [0.1, 0.15) is 5.82 Å². The lowest BCUT2D eigenvalue weighted by atomic mass is 9.99. The van der Waals surface area contributed by atoms with Crippen LogP contribution in [0.3, 0.4) is 0 Å². The molecule has 3 N–H and O–H groups in total. The molecule has 0 bridgehead atoms. The molecule has 20 heavy (non-hydrogen) atoms. The zero-order chi connectivity index (χ0) is 14.9. The van der Waals surface area contributed by atoms with Crippen molar-refractivity contribution in [1.29, 1.82) is 0 Å². The monoisotopic (exact) mass is 301 g/mol. The highest BCUT2D eigenvalue weighted by atomic mass is 35.5. The number of anilines is 1. The fraction of sp³-hybridized carbons (Fsp3) is 0.154. The van der Waals surface area contributed by atoms with Gasteiger partial charge in [0, 0.05) is 11.8 Å². The van der Waals surface area contributed by atoms with E-state index in [0.29, 0.717) is 10.6 Å². The predicted octanol–water partition coefficient (Wildman–Crippen LogP) is 3.04. The Kier molecular flexibility index (Phi) is 4.15. The second kappa shape index (κ2) is 5.68. The molecule has 3 nitrogen and oxygen atoms in total. The van der Waals surface area contributed by atoms with Crippen molar-refractivity contribution in [3.8, 4) is 0 Å². The van der Waals surface area contributed by atoms with Crippen LogP contribution in [0.2, 0.25) is 5.02 Å². The first-order valence-electron chi connectivity index (χ1n) is 5.66. The lowest BCUT2D eigenvalue weighted by Gasteiger charge is -2.19. The fourth-order valence-corrected chi connectivity index (χ4v) is 2.11. The van der Waals surface area contributed by atoms with E-state index >= 15 is 0 Å². The molecule has 0 fully saturated rings. The molecule has 1 aromatic heterocycles. The summed E-state index contributed by atoms with van der Waals surface area (Å²) in [5, 5.41) is 3.17. The number of nitrogen functional groups attached to an aromatic ring is 1. The van der Waals surface area contributed by atoms with Crippen LogP contribution in [0.25, 0.3) is 0 Å². The molecule has 0 saturated heterocycles. The number of nitrogens with zero attached hydrogens (tertiary/aromatic N) is 1. The summed E-state index contributed by atoms with van der Waals surface area (Å²) < 4.78 is 39.6. The van der Waals surface area contributed by atoms with Gasteiger partial charge in [0.15, 0.2) is 17.5 Å². The molecule has 2 rings (SSSR count). The molecule has 1 unspecified atom stereocenters. The molecule has 0 aliphatic heterocycles. The number of hydrogen-bond acceptors (Lipinski definition) is 3. The highest BCUT2D eigenvalue weighted by Gasteiger charge is 2.20. The van der Waals surface area contributed by atoms with Crippen LogP contribution in [-0.4, -0.2) is 12.0 Å². The van der Waals surface area contributed by atoms with E-state index in [2.05, 4.69) is 10.3 Å². The van der Waals surface area contributed by atoms with Crippen molar-refractivity contribution in [3.63, 3.8) is 0 Å². The number of benzene rings is 1. The number of pyridine rings is 1. The van der Waals surface area contributed by atoms with Gasteiger partial charge in [-0.05, 0) is 30.8 Å². The Balaban J connectivity index is 2.55. The topological polar surface area (TPSA) is 50.9 Å².